The van der Waals surface area contributed by atoms with Crippen molar-refractivity contribution in [3.05, 3.63) is 24.1 Å². The number of ether oxygens (including phenoxy) is 1. The summed E-state index contributed by atoms with van der Waals surface area (Å²) in [4.78, 5) is 4.30. The van der Waals surface area contributed by atoms with E-state index in [1.165, 1.54) is 12.1 Å². The molecule has 7 heteroatoms. The molecule has 2 aromatic rings. The molecule has 1 aromatic carbocycles. The standard InChI is InChI=1S/C13H15N3O4/c14-13(3-5-19-6-4-13)12-15-11(16-20-12)8-1-2-9(17)10(18)7-8/h1-2,7,17-18H,3-6,14H2. The maximum absolute atomic E-state index is 9.49. The van der Waals surface area contributed by atoms with Crippen LogP contribution in [0.1, 0.15) is 18.7 Å². The Morgan fingerprint density at radius 2 is 1.90 bits per heavy atom. The average Bonchev–Trinajstić information content (AvgIpc) is 2.93. The molecule has 1 aliphatic heterocycles. The molecule has 1 saturated heterocycles. The van der Waals surface area contributed by atoms with E-state index in [1.807, 2.05) is 0 Å². The summed E-state index contributed by atoms with van der Waals surface area (Å²) >= 11 is 0. The van der Waals surface area contributed by atoms with Gasteiger partial charge in [0.05, 0.1) is 0 Å². The van der Waals surface area contributed by atoms with Crippen LogP contribution in [-0.4, -0.2) is 33.6 Å². The van der Waals surface area contributed by atoms with Crippen molar-refractivity contribution in [2.75, 3.05) is 13.2 Å². The van der Waals surface area contributed by atoms with E-state index < -0.39 is 5.54 Å². The Morgan fingerprint density at radius 3 is 2.60 bits per heavy atom. The number of aromatic nitrogens is 2. The number of nitrogens with zero attached hydrogens (tertiary/aromatic N) is 2. The van der Waals surface area contributed by atoms with Crippen molar-refractivity contribution in [3.8, 4) is 22.9 Å². The molecule has 0 radical (unpaired) electrons. The minimum Gasteiger partial charge on any atom is -0.504 e. The monoisotopic (exact) mass is 277 g/mol. The van der Waals surface area contributed by atoms with E-state index in [1.54, 1.807) is 6.07 Å². The molecule has 7 nitrogen and oxygen atoms in total. The SMILES string of the molecule is NC1(c2nc(-c3ccc(O)c(O)c3)no2)CCOCC1. The third-order valence-electron chi connectivity index (χ3n) is 3.47. The first-order valence-electron chi connectivity index (χ1n) is 6.32. The number of phenolic OH excluding ortho intramolecular Hbond substituents is 2. The van der Waals surface area contributed by atoms with Gasteiger partial charge in [-0.2, -0.15) is 4.98 Å². The van der Waals surface area contributed by atoms with Crippen LogP contribution in [0, 0.1) is 0 Å². The predicted octanol–water partition coefficient (Wildman–Crippen LogP) is 1.11. The minimum atomic E-state index is -0.664. The molecule has 20 heavy (non-hydrogen) atoms. The maximum Gasteiger partial charge on any atom is 0.247 e. The van der Waals surface area contributed by atoms with Crippen LogP contribution >= 0.6 is 0 Å². The molecule has 0 bridgehead atoms. The zero-order valence-electron chi connectivity index (χ0n) is 10.7. The zero-order valence-corrected chi connectivity index (χ0v) is 10.7. The van der Waals surface area contributed by atoms with E-state index in [9.17, 15) is 10.2 Å². The number of aromatic hydroxyl groups is 2. The van der Waals surface area contributed by atoms with Crippen molar-refractivity contribution in [3.63, 3.8) is 0 Å². The lowest BCUT2D eigenvalue weighted by Crippen LogP contribution is -2.42. The van der Waals surface area contributed by atoms with E-state index in [0.717, 1.165) is 0 Å². The van der Waals surface area contributed by atoms with Crippen molar-refractivity contribution >= 4 is 0 Å². The molecule has 0 aliphatic carbocycles. The van der Waals surface area contributed by atoms with Crippen molar-refractivity contribution in [2.24, 2.45) is 5.73 Å². The summed E-state index contributed by atoms with van der Waals surface area (Å²) in [5.74, 6) is 0.259. The number of hydrogen-bond acceptors (Lipinski definition) is 7. The van der Waals surface area contributed by atoms with Gasteiger partial charge in [-0.1, -0.05) is 5.16 Å². The molecule has 0 spiro atoms. The highest BCUT2D eigenvalue weighted by molar-refractivity contribution is 5.60. The molecule has 2 heterocycles. The summed E-state index contributed by atoms with van der Waals surface area (Å²) in [5, 5.41) is 22.7. The second-order valence-corrected chi connectivity index (χ2v) is 4.90. The average molecular weight is 277 g/mol. The van der Waals surface area contributed by atoms with Crippen molar-refractivity contribution < 1.29 is 19.5 Å². The van der Waals surface area contributed by atoms with Gasteiger partial charge in [-0.3, -0.25) is 0 Å². The lowest BCUT2D eigenvalue weighted by molar-refractivity contribution is 0.0400. The van der Waals surface area contributed by atoms with Crippen LogP contribution in [0.5, 0.6) is 11.5 Å². The fourth-order valence-corrected chi connectivity index (χ4v) is 2.16. The number of nitrogens with two attached hydrogens (primary N) is 1. The molecule has 0 atom stereocenters. The topological polar surface area (TPSA) is 115 Å². The molecule has 1 aliphatic rings. The Hall–Kier alpha value is -2.12. The van der Waals surface area contributed by atoms with Gasteiger partial charge in [0.2, 0.25) is 11.7 Å². The molecule has 0 saturated carbocycles. The van der Waals surface area contributed by atoms with Gasteiger partial charge in [0.15, 0.2) is 11.5 Å². The van der Waals surface area contributed by atoms with Crippen LogP contribution in [0.4, 0.5) is 0 Å². The summed E-state index contributed by atoms with van der Waals surface area (Å²) in [6, 6.07) is 4.33. The van der Waals surface area contributed by atoms with E-state index >= 15 is 0 Å². The van der Waals surface area contributed by atoms with Crippen LogP contribution < -0.4 is 5.73 Å². The predicted molar refractivity (Wildman–Crippen MR) is 69.0 cm³/mol. The molecule has 0 unspecified atom stereocenters. The first-order valence-corrected chi connectivity index (χ1v) is 6.32. The van der Waals surface area contributed by atoms with Gasteiger partial charge in [-0.05, 0) is 31.0 Å². The highest BCUT2D eigenvalue weighted by Crippen LogP contribution is 2.32. The Balaban J connectivity index is 1.91. The summed E-state index contributed by atoms with van der Waals surface area (Å²) in [5.41, 5.74) is 6.14. The van der Waals surface area contributed by atoms with Crippen molar-refractivity contribution in [1.29, 1.82) is 0 Å². The summed E-state index contributed by atoms with van der Waals surface area (Å²) < 4.78 is 10.5. The molecular formula is C13H15N3O4. The van der Waals surface area contributed by atoms with Crippen molar-refractivity contribution in [2.45, 2.75) is 18.4 Å². The van der Waals surface area contributed by atoms with Gasteiger partial charge in [-0.25, -0.2) is 0 Å². The first-order chi connectivity index (χ1) is 9.58. The van der Waals surface area contributed by atoms with E-state index in [4.69, 9.17) is 15.0 Å². The number of rotatable bonds is 2. The Kier molecular flexibility index (Phi) is 3.07. The molecule has 4 N–H and O–H groups in total. The van der Waals surface area contributed by atoms with Gasteiger partial charge in [-0.15, -0.1) is 0 Å². The second-order valence-electron chi connectivity index (χ2n) is 4.90. The highest BCUT2D eigenvalue weighted by atomic mass is 16.5. The van der Waals surface area contributed by atoms with Crippen molar-refractivity contribution in [1.82, 2.24) is 10.1 Å². The second kappa shape index (κ2) is 4.77. The van der Waals surface area contributed by atoms with Gasteiger partial charge < -0.3 is 25.2 Å². The highest BCUT2D eigenvalue weighted by Gasteiger charge is 2.35. The maximum atomic E-state index is 9.49. The van der Waals surface area contributed by atoms with E-state index in [2.05, 4.69) is 10.1 Å². The van der Waals surface area contributed by atoms with Gasteiger partial charge in [0.25, 0.3) is 0 Å². The lowest BCUT2D eigenvalue weighted by Gasteiger charge is -2.29. The Bertz CT molecular complexity index is 620. The number of benzene rings is 1. The summed E-state index contributed by atoms with van der Waals surface area (Å²) in [7, 11) is 0. The van der Waals surface area contributed by atoms with E-state index in [-0.39, 0.29) is 11.5 Å². The molecule has 1 aromatic heterocycles. The summed E-state index contributed by atoms with van der Waals surface area (Å²) in [6.07, 6.45) is 1.24. The van der Waals surface area contributed by atoms with Crippen LogP contribution in [0.2, 0.25) is 0 Å². The van der Waals surface area contributed by atoms with Crippen LogP contribution in [0.15, 0.2) is 22.7 Å². The molecule has 0 amide bonds. The smallest absolute Gasteiger partial charge is 0.247 e. The lowest BCUT2D eigenvalue weighted by atomic mass is 9.91. The van der Waals surface area contributed by atoms with Gasteiger partial charge in [0, 0.05) is 18.8 Å². The van der Waals surface area contributed by atoms with Crippen LogP contribution in [0.25, 0.3) is 11.4 Å². The largest absolute Gasteiger partial charge is 0.504 e. The molecular weight excluding hydrogens is 262 g/mol. The molecule has 1 fully saturated rings. The minimum absolute atomic E-state index is 0.197. The fourth-order valence-electron chi connectivity index (χ4n) is 2.16. The third-order valence-corrected chi connectivity index (χ3v) is 3.47. The molecule has 106 valence electrons. The third kappa shape index (κ3) is 2.21. The van der Waals surface area contributed by atoms with Crippen LogP contribution in [-0.2, 0) is 10.3 Å². The molecule has 3 rings (SSSR count). The Morgan fingerprint density at radius 1 is 1.15 bits per heavy atom. The van der Waals surface area contributed by atoms with E-state index in [0.29, 0.717) is 43.3 Å². The number of phenols is 2. The normalized spacial score (nSPS) is 18.1. The zero-order chi connectivity index (χ0) is 14.2. The van der Waals surface area contributed by atoms with Gasteiger partial charge in [0.1, 0.15) is 5.54 Å². The number of hydrogen-bond donors (Lipinski definition) is 3. The first kappa shape index (κ1) is 12.9. The summed E-state index contributed by atoms with van der Waals surface area (Å²) in [6.45, 7) is 1.13. The Labute approximate surface area is 115 Å². The quantitative estimate of drug-likeness (QED) is 0.704. The van der Waals surface area contributed by atoms with Crippen LogP contribution in [0.3, 0.4) is 0 Å². The fraction of sp³-hybridized carbons (Fsp3) is 0.385. The van der Waals surface area contributed by atoms with Gasteiger partial charge >= 0.3 is 0 Å².